The molecule has 0 radical (unpaired) electrons. The van der Waals surface area contributed by atoms with Gasteiger partial charge in [0.1, 0.15) is 5.76 Å². The largest absolute Gasteiger partial charge is 0.361 e. The van der Waals surface area contributed by atoms with Crippen LogP contribution in [0.3, 0.4) is 0 Å². The maximum Gasteiger partial charge on any atom is 0.246 e. The number of rotatable bonds is 5. The zero-order valence-corrected chi connectivity index (χ0v) is 11.7. The van der Waals surface area contributed by atoms with Crippen LogP contribution in [0.25, 0.3) is 6.08 Å². The lowest BCUT2D eigenvalue weighted by Crippen LogP contribution is -2.26. The Kier molecular flexibility index (Phi) is 4.71. The van der Waals surface area contributed by atoms with Crippen LogP contribution in [-0.2, 0) is 11.2 Å². The summed E-state index contributed by atoms with van der Waals surface area (Å²) in [4.78, 5) is 11.9. The van der Waals surface area contributed by atoms with Crippen LogP contribution in [0, 0.1) is 6.92 Å². The SMILES string of the molecule is C/C(=C\c1ccccc1)C(=O)NCCc1cc(C)on1. The predicted molar refractivity (Wildman–Crippen MR) is 78.0 cm³/mol. The van der Waals surface area contributed by atoms with Crippen LogP contribution in [0.4, 0.5) is 0 Å². The molecule has 0 fully saturated rings. The average Bonchev–Trinajstić information content (AvgIpc) is 2.85. The van der Waals surface area contributed by atoms with Gasteiger partial charge in [-0.05, 0) is 25.5 Å². The van der Waals surface area contributed by atoms with Crippen LogP contribution in [-0.4, -0.2) is 17.6 Å². The topological polar surface area (TPSA) is 55.1 Å². The van der Waals surface area contributed by atoms with Crippen molar-refractivity contribution in [2.24, 2.45) is 0 Å². The van der Waals surface area contributed by atoms with Gasteiger partial charge in [0, 0.05) is 24.6 Å². The van der Waals surface area contributed by atoms with E-state index >= 15 is 0 Å². The molecule has 0 aliphatic rings. The minimum absolute atomic E-state index is 0.0610. The molecule has 0 spiro atoms. The minimum atomic E-state index is -0.0610. The molecular formula is C16H18N2O2. The fourth-order valence-electron chi connectivity index (χ4n) is 1.84. The fourth-order valence-corrected chi connectivity index (χ4v) is 1.84. The number of nitrogens with one attached hydrogen (secondary N) is 1. The summed E-state index contributed by atoms with van der Waals surface area (Å²) in [7, 11) is 0. The number of nitrogens with zero attached hydrogens (tertiary/aromatic N) is 1. The molecule has 104 valence electrons. The maximum atomic E-state index is 11.9. The Morgan fingerprint density at radius 1 is 1.35 bits per heavy atom. The number of hydrogen-bond donors (Lipinski definition) is 1. The summed E-state index contributed by atoms with van der Waals surface area (Å²) < 4.78 is 4.97. The molecule has 0 saturated carbocycles. The standard InChI is InChI=1S/C16H18N2O2/c1-12(10-14-6-4-3-5-7-14)16(19)17-9-8-15-11-13(2)20-18-15/h3-7,10-11H,8-9H2,1-2H3,(H,17,19)/b12-10+. The van der Waals surface area contributed by atoms with Gasteiger partial charge in [-0.2, -0.15) is 0 Å². The molecule has 2 aromatic rings. The smallest absolute Gasteiger partial charge is 0.246 e. The normalized spacial score (nSPS) is 11.4. The van der Waals surface area contributed by atoms with Crippen LogP contribution < -0.4 is 5.32 Å². The first kappa shape index (κ1) is 14.1. The molecule has 0 bridgehead atoms. The molecule has 0 unspecified atom stereocenters. The molecule has 0 aliphatic heterocycles. The van der Waals surface area contributed by atoms with E-state index in [4.69, 9.17) is 4.52 Å². The van der Waals surface area contributed by atoms with Gasteiger partial charge in [0.2, 0.25) is 5.91 Å². The van der Waals surface area contributed by atoms with Crippen molar-refractivity contribution < 1.29 is 9.32 Å². The molecule has 1 aromatic heterocycles. The van der Waals surface area contributed by atoms with Crippen molar-refractivity contribution in [3.8, 4) is 0 Å². The molecular weight excluding hydrogens is 252 g/mol. The lowest BCUT2D eigenvalue weighted by Gasteiger charge is -2.04. The molecule has 2 rings (SSSR count). The summed E-state index contributed by atoms with van der Waals surface area (Å²) in [5.74, 6) is 0.723. The Morgan fingerprint density at radius 3 is 2.75 bits per heavy atom. The average molecular weight is 270 g/mol. The van der Waals surface area contributed by atoms with Crippen molar-refractivity contribution in [2.75, 3.05) is 6.54 Å². The van der Waals surface area contributed by atoms with Crippen molar-refractivity contribution in [3.05, 3.63) is 59.0 Å². The number of carbonyl (C=O) groups excluding carboxylic acids is 1. The van der Waals surface area contributed by atoms with Crippen molar-refractivity contribution >= 4 is 12.0 Å². The lowest BCUT2D eigenvalue weighted by molar-refractivity contribution is -0.117. The first-order valence-electron chi connectivity index (χ1n) is 6.59. The highest BCUT2D eigenvalue weighted by Gasteiger charge is 2.05. The summed E-state index contributed by atoms with van der Waals surface area (Å²) in [6.45, 7) is 4.20. The predicted octanol–water partition coefficient (Wildman–Crippen LogP) is 2.75. The zero-order chi connectivity index (χ0) is 14.4. The Hall–Kier alpha value is -2.36. The van der Waals surface area contributed by atoms with E-state index in [1.807, 2.05) is 56.3 Å². The van der Waals surface area contributed by atoms with E-state index in [1.54, 1.807) is 0 Å². The molecule has 4 heteroatoms. The number of aryl methyl sites for hydroxylation is 1. The summed E-state index contributed by atoms with van der Waals surface area (Å²) in [5.41, 5.74) is 2.56. The monoisotopic (exact) mass is 270 g/mol. The Bertz CT molecular complexity index is 600. The van der Waals surface area contributed by atoms with Gasteiger partial charge in [0.05, 0.1) is 5.69 Å². The second kappa shape index (κ2) is 6.70. The quantitative estimate of drug-likeness (QED) is 0.850. The minimum Gasteiger partial charge on any atom is -0.361 e. The Morgan fingerprint density at radius 2 is 2.10 bits per heavy atom. The van der Waals surface area contributed by atoms with Gasteiger partial charge < -0.3 is 9.84 Å². The summed E-state index contributed by atoms with van der Waals surface area (Å²) in [6, 6.07) is 11.7. The Balaban J connectivity index is 1.84. The van der Waals surface area contributed by atoms with Gasteiger partial charge in [-0.3, -0.25) is 4.79 Å². The highest BCUT2D eigenvalue weighted by molar-refractivity contribution is 5.97. The molecule has 1 aromatic carbocycles. The van der Waals surface area contributed by atoms with E-state index in [-0.39, 0.29) is 5.91 Å². The van der Waals surface area contributed by atoms with E-state index in [0.717, 1.165) is 17.0 Å². The summed E-state index contributed by atoms with van der Waals surface area (Å²) in [6.07, 6.45) is 2.54. The fraction of sp³-hybridized carbons (Fsp3) is 0.250. The third-order valence-corrected chi connectivity index (χ3v) is 2.88. The zero-order valence-electron chi connectivity index (χ0n) is 11.7. The van der Waals surface area contributed by atoms with E-state index in [2.05, 4.69) is 10.5 Å². The van der Waals surface area contributed by atoms with Crippen LogP contribution >= 0.6 is 0 Å². The van der Waals surface area contributed by atoms with Gasteiger partial charge in [0.15, 0.2) is 0 Å². The molecule has 20 heavy (non-hydrogen) atoms. The van der Waals surface area contributed by atoms with Gasteiger partial charge in [0.25, 0.3) is 0 Å². The Labute approximate surface area is 118 Å². The summed E-state index contributed by atoms with van der Waals surface area (Å²) in [5, 5.41) is 6.76. The van der Waals surface area contributed by atoms with E-state index in [9.17, 15) is 4.79 Å². The first-order valence-corrected chi connectivity index (χ1v) is 6.59. The van der Waals surface area contributed by atoms with Crippen LogP contribution in [0.15, 0.2) is 46.5 Å². The van der Waals surface area contributed by atoms with Crippen LogP contribution in [0.5, 0.6) is 0 Å². The van der Waals surface area contributed by atoms with Gasteiger partial charge in [-0.25, -0.2) is 0 Å². The number of benzene rings is 1. The highest BCUT2D eigenvalue weighted by atomic mass is 16.5. The van der Waals surface area contributed by atoms with E-state index in [0.29, 0.717) is 18.5 Å². The van der Waals surface area contributed by atoms with Gasteiger partial charge in [-0.15, -0.1) is 0 Å². The molecule has 1 N–H and O–H groups in total. The van der Waals surface area contributed by atoms with Crippen molar-refractivity contribution in [2.45, 2.75) is 20.3 Å². The third-order valence-electron chi connectivity index (χ3n) is 2.88. The number of carbonyl (C=O) groups is 1. The number of amides is 1. The first-order chi connectivity index (χ1) is 9.65. The van der Waals surface area contributed by atoms with Gasteiger partial charge >= 0.3 is 0 Å². The molecule has 0 aliphatic carbocycles. The number of aromatic nitrogens is 1. The van der Waals surface area contributed by atoms with Crippen molar-refractivity contribution in [1.29, 1.82) is 0 Å². The van der Waals surface area contributed by atoms with Crippen LogP contribution in [0.2, 0.25) is 0 Å². The maximum absolute atomic E-state index is 11.9. The van der Waals surface area contributed by atoms with Crippen LogP contribution in [0.1, 0.15) is 23.9 Å². The summed E-state index contributed by atoms with van der Waals surface area (Å²) >= 11 is 0. The molecule has 0 atom stereocenters. The number of hydrogen-bond acceptors (Lipinski definition) is 3. The van der Waals surface area contributed by atoms with Crippen molar-refractivity contribution in [1.82, 2.24) is 10.5 Å². The van der Waals surface area contributed by atoms with E-state index < -0.39 is 0 Å². The molecule has 1 heterocycles. The second-order valence-electron chi connectivity index (χ2n) is 4.67. The lowest BCUT2D eigenvalue weighted by atomic mass is 10.1. The second-order valence-corrected chi connectivity index (χ2v) is 4.67. The third kappa shape index (κ3) is 4.09. The van der Waals surface area contributed by atoms with E-state index in [1.165, 1.54) is 0 Å². The molecule has 4 nitrogen and oxygen atoms in total. The highest BCUT2D eigenvalue weighted by Crippen LogP contribution is 2.06. The van der Waals surface area contributed by atoms with Crippen molar-refractivity contribution in [3.63, 3.8) is 0 Å². The molecule has 1 amide bonds. The molecule has 0 saturated heterocycles. The van der Waals surface area contributed by atoms with Gasteiger partial charge in [-0.1, -0.05) is 35.5 Å².